The fourth-order valence-corrected chi connectivity index (χ4v) is 1.42. The highest BCUT2D eigenvalue weighted by Crippen LogP contribution is 2.08. The number of rotatable bonds is 0. The molecule has 0 aliphatic carbocycles. The lowest BCUT2D eigenvalue weighted by Gasteiger charge is -2.22. The highest BCUT2D eigenvalue weighted by Gasteiger charge is 2.15. The second kappa shape index (κ2) is 4.37. The summed E-state index contributed by atoms with van der Waals surface area (Å²) in [5.41, 5.74) is 0. The van der Waals surface area contributed by atoms with E-state index in [-0.39, 0.29) is 0 Å². The number of hydrogen-bond acceptors (Lipinski definition) is 3. The predicted molar refractivity (Wildman–Crippen MR) is 52.4 cm³/mol. The Morgan fingerprint density at radius 3 is 2.54 bits per heavy atom. The Morgan fingerprint density at radius 2 is 1.85 bits per heavy atom. The zero-order chi connectivity index (χ0) is 9.84. The highest BCUT2D eigenvalue weighted by molar-refractivity contribution is 4.96. The van der Waals surface area contributed by atoms with Gasteiger partial charge >= 0.3 is 0 Å². The molecule has 74 valence electrons. The molecule has 4 nitrogen and oxygen atoms in total. The molecule has 0 saturated carbocycles. The smallest absolute Gasteiger partial charge is 0.147 e. The van der Waals surface area contributed by atoms with Gasteiger partial charge in [-0.15, -0.1) is 10.2 Å². The summed E-state index contributed by atoms with van der Waals surface area (Å²) in [5, 5.41) is 8.10. The first-order valence-corrected chi connectivity index (χ1v) is 4.84. The van der Waals surface area contributed by atoms with Crippen LogP contribution in [0.25, 0.3) is 0 Å². The van der Waals surface area contributed by atoms with Gasteiger partial charge in [0, 0.05) is 13.1 Å². The molecule has 2 heterocycles. The van der Waals surface area contributed by atoms with Crippen molar-refractivity contribution in [1.29, 1.82) is 0 Å². The molecule has 1 aromatic heterocycles. The zero-order valence-corrected chi connectivity index (χ0v) is 8.91. The molecule has 1 aliphatic rings. The molecule has 0 fully saturated rings. The van der Waals surface area contributed by atoms with E-state index in [1.54, 1.807) is 0 Å². The van der Waals surface area contributed by atoms with Gasteiger partial charge in [0.25, 0.3) is 0 Å². The third-order valence-electron chi connectivity index (χ3n) is 2.13. The van der Waals surface area contributed by atoms with Gasteiger partial charge < -0.3 is 4.57 Å². The molecule has 0 radical (unpaired) electrons. The van der Waals surface area contributed by atoms with Crippen molar-refractivity contribution in [3.8, 4) is 0 Å². The zero-order valence-electron chi connectivity index (χ0n) is 8.91. The van der Waals surface area contributed by atoms with Crippen LogP contribution in [-0.2, 0) is 13.1 Å². The van der Waals surface area contributed by atoms with Crippen LogP contribution >= 0.6 is 0 Å². The molecule has 0 saturated heterocycles. The van der Waals surface area contributed by atoms with Crippen LogP contribution in [0.5, 0.6) is 0 Å². The molecule has 0 amide bonds. The summed E-state index contributed by atoms with van der Waals surface area (Å²) in [5.74, 6) is 2.13. The first kappa shape index (κ1) is 10.2. The van der Waals surface area contributed by atoms with Crippen molar-refractivity contribution >= 4 is 0 Å². The third kappa shape index (κ3) is 2.06. The molecule has 0 unspecified atom stereocenters. The maximum Gasteiger partial charge on any atom is 0.147 e. The lowest BCUT2D eigenvalue weighted by molar-refractivity contribution is 0.263. The van der Waals surface area contributed by atoms with Crippen LogP contribution in [0.3, 0.4) is 0 Å². The molecule has 1 aliphatic heterocycles. The minimum absolute atomic E-state index is 0.931. The molecule has 0 atom stereocenters. The Labute approximate surface area is 79.6 Å². The molecule has 0 spiro atoms. The number of aromatic nitrogens is 3. The van der Waals surface area contributed by atoms with E-state index in [1.165, 1.54) is 0 Å². The molecule has 0 N–H and O–H groups in total. The summed E-state index contributed by atoms with van der Waals surface area (Å²) in [7, 11) is 2.10. The van der Waals surface area contributed by atoms with Gasteiger partial charge in [0.1, 0.15) is 11.6 Å². The van der Waals surface area contributed by atoms with Crippen molar-refractivity contribution in [2.24, 2.45) is 0 Å². The average Bonchev–Trinajstić information content (AvgIpc) is 2.51. The Hall–Kier alpha value is -0.900. The highest BCUT2D eigenvalue weighted by atomic mass is 15.3. The predicted octanol–water partition coefficient (Wildman–Crippen LogP) is 1.06. The van der Waals surface area contributed by atoms with Crippen LogP contribution < -0.4 is 0 Å². The van der Waals surface area contributed by atoms with Gasteiger partial charge in [-0.25, -0.2) is 0 Å². The lowest BCUT2D eigenvalue weighted by Crippen LogP contribution is -2.30. The van der Waals surface area contributed by atoms with Crippen LogP contribution in [-0.4, -0.2) is 33.3 Å². The van der Waals surface area contributed by atoms with Crippen LogP contribution in [0, 0.1) is 6.92 Å². The topological polar surface area (TPSA) is 34.0 Å². The fourth-order valence-electron chi connectivity index (χ4n) is 1.42. The second-order valence-electron chi connectivity index (χ2n) is 3.05. The summed E-state index contributed by atoms with van der Waals surface area (Å²) in [6.45, 7) is 9.07. The molecular weight excluding hydrogens is 164 g/mol. The molecule has 13 heavy (non-hydrogen) atoms. The van der Waals surface area contributed by atoms with Gasteiger partial charge in [0.2, 0.25) is 0 Å². The van der Waals surface area contributed by atoms with Gasteiger partial charge in [0.05, 0.1) is 6.54 Å². The van der Waals surface area contributed by atoms with Gasteiger partial charge in [-0.3, -0.25) is 4.90 Å². The normalized spacial score (nSPS) is 16.0. The molecule has 4 heteroatoms. The summed E-state index contributed by atoms with van der Waals surface area (Å²) in [6.07, 6.45) is 0. The minimum Gasteiger partial charge on any atom is -0.313 e. The van der Waals surface area contributed by atoms with Crippen molar-refractivity contribution in [2.45, 2.75) is 33.9 Å². The van der Waals surface area contributed by atoms with E-state index >= 15 is 0 Å². The summed E-state index contributed by atoms with van der Waals surface area (Å²) < 4.78 is 2.18. The SMILES string of the molecule is CC.Cc1nnc2n1CCN(C)C2. The van der Waals surface area contributed by atoms with Crippen LogP contribution in [0.15, 0.2) is 0 Å². The van der Waals surface area contributed by atoms with Gasteiger partial charge in [-0.05, 0) is 14.0 Å². The Bertz CT molecular complexity index is 267. The van der Waals surface area contributed by atoms with E-state index in [0.717, 1.165) is 31.3 Å². The molecule has 1 aromatic rings. The molecule has 0 bridgehead atoms. The number of nitrogens with zero attached hydrogens (tertiary/aromatic N) is 4. The quantitative estimate of drug-likeness (QED) is 0.601. The van der Waals surface area contributed by atoms with E-state index in [4.69, 9.17) is 0 Å². The summed E-state index contributed by atoms with van der Waals surface area (Å²) in [6, 6.07) is 0. The van der Waals surface area contributed by atoms with Gasteiger partial charge in [-0.1, -0.05) is 13.8 Å². The Morgan fingerprint density at radius 1 is 1.15 bits per heavy atom. The molecule has 0 aromatic carbocycles. The minimum atomic E-state index is 0.931. The molecule has 2 rings (SSSR count). The van der Waals surface area contributed by atoms with Crippen LogP contribution in [0.1, 0.15) is 25.5 Å². The fraction of sp³-hybridized carbons (Fsp3) is 0.778. The number of hydrogen-bond donors (Lipinski definition) is 0. The van der Waals surface area contributed by atoms with Crippen LogP contribution in [0.4, 0.5) is 0 Å². The van der Waals surface area contributed by atoms with E-state index in [2.05, 4.69) is 26.7 Å². The van der Waals surface area contributed by atoms with Crippen LogP contribution in [0.2, 0.25) is 0 Å². The van der Waals surface area contributed by atoms with Gasteiger partial charge in [0.15, 0.2) is 0 Å². The maximum absolute atomic E-state index is 4.08. The number of likely N-dealkylation sites (N-methyl/N-ethyl adjacent to an activating group) is 1. The second-order valence-corrected chi connectivity index (χ2v) is 3.05. The van der Waals surface area contributed by atoms with Crippen molar-refractivity contribution in [1.82, 2.24) is 19.7 Å². The third-order valence-corrected chi connectivity index (χ3v) is 2.13. The standard InChI is InChI=1S/C7H12N4.C2H6/c1-6-8-9-7-5-10(2)3-4-11(6)7;1-2/h3-5H2,1-2H3;1-2H3. The first-order chi connectivity index (χ1) is 6.27. The van der Waals surface area contributed by atoms with Crippen molar-refractivity contribution in [2.75, 3.05) is 13.6 Å². The van der Waals surface area contributed by atoms with Gasteiger partial charge in [-0.2, -0.15) is 0 Å². The van der Waals surface area contributed by atoms with E-state index < -0.39 is 0 Å². The van der Waals surface area contributed by atoms with Crippen molar-refractivity contribution in [3.63, 3.8) is 0 Å². The van der Waals surface area contributed by atoms with E-state index in [9.17, 15) is 0 Å². The number of aryl methyl sites for hydroxylation is 1. The largest absolute Gasteiger partial charge is 0.313 e. The lowest BCUT2D eigenvalue weighted by atomic mass is 10.4. The maximum atomic E-state index is 4.08. The number of fused-ring (bicyclic) bond motifs is 1. The van der Waals surface area contributed by atoms with Crippen molar-refractivity contribution in [3.05, 3.63) is 11.6 Å². The van der Waals surface area contributed by atoms with Crippen molar-refractivity contribution < 1.29 is 0 Å². The Balaban J connectivity index is 0.000000396. The average molecular weight is 182 g/mol. The van der Waals surface area contributed by atoms with E-state index in [0.29, 0.717) is 0 Å². The summed E-state index contributed by atoms with van der Waals surface area (Å²) in [4.78, 5) is 2.25. The van der Waals surface area contributed by atoms with E-state index in [1.807, 2.05) is 20.8 Å². The Kier molecular flexibility index (Phi) is 3.42. The molecular formula is C9H18N4. The first-order valence-electron chi connectivity index (χ1n) is 4.84. The monoisotopic (exact) mass is 182 g/mol. The summed E-state index contributed by atoms with van der Waals surface area (Å²) >= 11 is 0.